The van der Waals surface area contributed by atoms with E-state index in [1.807, 2.05) is 24.3 Å². The molecule has 0 fully saturated rings. The van der Waals surface area contributed by atoms with Crippen LogP contribution in [0.1, 0.15) is 29.2 Å². The lowest BCUT2D eigenvalue weighted by Gasteiger charge is -2.21. The lowest BCUT2D eigenvalue weighted by atomic mass is 9.94. The van der Waals surface area contributed by atoms with Gasteiger partial charge in [-0.15, -0.1) is 0 Å². The first-order valence-electron chi connectivity index (χ1n) is 6.68. The Morgan fingerprint density at radius 2 is 1.95 bits per heavy atom. The first-order valence-corrected chi connectivity index (χ1v) is 7.47. The zero-order chi connectivity index (χ0) is 15.0. The number of hydrogen-bond donors (Lipinski definition) is 2. The van der Waals surface area contributed by atoms with Gasteiger partial charge in [0.1, 0.15) is 5.82 Å². The van der Waals surface area contributed by atoms with Gasteiger partial charge in [0.25, 0.3) is 0 Å². The maximum Gasteiger partial charge on any atom is 0.224 e. The first-order chi connectivity index (χ1) is 10.1. The Bertz CT molecular complexity index is 717. The van der Waals surface area contributed by atoms with E-state index < -0.39 is 11.9 Å². The van der Waals surface area contributed by atoms with Gasteiger partial charge in [-0.2, -0.15) is 0 Å². The summed E-state index contributed by atoms with van der Waals surface area (Å²) in [7, 11) is 0. The Kier molecular flexibility index (Phi) is 3.78. The molecule has 1 aliphatic rings. The van der Waals surface area contributed by atoms with Crippen molar-refractivity contribution < 1.29 is 9.18 Å². The summed E-state index contributed by atoms with van der Waals surface area (Å²) in [6.45, 7) is 0. The summed E-state index contributed by atoms with van der Waals surface area (Å²) < 4.78 is 15.2. The van der Waals surface area contributed by atoms with Crippen molar-refractivity contribution in [3.63, 3.8) is 0 Å². The molecule has 1 aliphatic heterocycles. The Hall–Kier alpha value is -1.72. The van der Waals surface area contributed by atoms with Gasteiger partial charge in [-0.05, 0) is 35.7 Å². The molecule has 0 aliphatic carbocycles. The fraction of sp³-hybridized carbons (Fsp3) is 0.188. The molecule has 2 aromatic carbocycles. The molecule has 108 valence electrons. The second kappa shape index (κ2) is 5.58. The summed E-state index contributed by atoms with van der Waals surface area (Å²) in [6.07, 6.45) is 1.03. The van der Waals surface area contributed by atoms with Crippen LogP contribution in [0.15, 0.2) is 40.9 Å². The highest BCUT2D eigenvalue weighted by molar-refractivity contribution is 9.10. The summed E-state index contributed by atoms with van der Waals surface area (Å²) in [5, 5.41) is 2.69. The number of amides is 1. The van der Waals surface area contributed by atoms with E-state index in [0.717, 1.165) is 15.6 Å². The van der Waals surface area contributed by atoms with E-state index in [1.54, 1.807) is 6.07 Å². The van der Waals surface area contributed by atoms with Gasteiger partial charge in [0.05, 0.1) is 6.04 Å². The largest absolute Gasteiger partial charge is 0.326 e. The quantitative estimate of drug-likeness (QED) is 0.872. The van der Waals surface area contributed by atoms with Gasteiger partial charge in [-0.3, -0.25) is 4.79 Å². The number of rotatable bonds is 2. The topological polar surface area (TPSA) is 55.1 Å². The number of hydrogen-bond acceptors (Lipinski definition) is 2. The van der Waals surface area contributed by atoms with Crippen molar-refractivity contribution in [2.75, 3.05) is 5.32 Å². The molecule has 1 unspecified atom stereocenters. The molecular formula is C16H14BrFN2O. The number of nitrogens with one attached hydrogen (secondary N) is 1. The third-order valence-corrected chi connectivity index (χ3v) is 4.42. The van der Waals surface area contributed by atoms with Gasteiger partial charge in [-0.25, -0.2) is 4.39 Å². The smallest absolute Gasteiger partial charge is 0.224 e. The molecule has 21 heavy (non-hydrogen) atoms. The molecule has 3 N–H and O–H groups in total. The van der Waals surface area contributed by atoms with Gasteiger partial charge < -0.3 is 11.1 Å². The Balaban J connectivity index is 2.03. The molecule has 3 rings (SSSR count). The van der Waals surface area contributed by atoms with Crippen LogP contribution in [0.25, 0.3) is 0 Å². The number of anilines is 1. The van der Waals surface area contributed by atoms with Gasteiger partial charge in [0, 0.05) is 22.1 Å². The second-order valence-electron chi connectivity index (χ2n) is 5.08. The van der Waals surface area contributed by atoms with Crippen molar-refractivity contribution in [1.29, 1.82) is 0 Å². The minimum Gasteiger partial charge on any atom is -0.326 e. The normalized spacial score (nSPS) is 15.3. The standard InChI is InChI=1S/C16H14BrFN2O/c17-12-4-2-1-3-10(12)16(19)11-7-9-5-6-15(21)20-14(9)8-13(11)18/h1-4,7-8,16H,5-6,19H2,(H,20,21). The van der Waals surface area contributed by atoms with Crippen LogP contribution in [0.4, 0.5) is 10.1 Å². The van der Waals surface area contributed by atoms with E-state index in [9.17, 15) is 9.18 Å². The van der Waals surface area contributed by atoms with Gasteiger partial charge in [-0.1, -0.05) is 34.1 Å². The van der Waals surface area contributed by atoms with E-state index in [-0.39, 0.29) is 5.91 Å². The Labute approximate surface area is 130 Å². The van der Waals surface area contributed by atoms with E-state index in [1.165, 1.54) is 6.07 Å². The molecule has 0 bridgehead atoms. The molecule has 0 saturated heterocycles. The van der Waals surface area contributed by atoms with Crippen molar-refractivity contribution in [1.82, 2.24) is 0 Å². The van der Waals surface area contributed by atoms with Crippen LogP contribution in [-0.2, 0) is 11.2 Å². The maximum absolute atomic E-state index is 14.3. The lowest BCUT2D eigenvalue weighted by molar-refractivity contribution is -0.116. The van der Waals surface area contributed by atoms with Crippen LogP contribution >= 0.6 is 15.9 Å². The van der Waals surface area contributed by atoms with Gasteiger partial charge in [0.2, 0.25) is 5.91 Å². The van der Waals surface area contributed by atoms with Gasteiger partial charge in [0.15, 0.2) is 0 Å². The van der Waals surface area contributed by atoms with Crippen LogP contribution in [0.3, 0.4) is 0 Å². The highest BCUT2D eigenvalue weighted by atomic mass is 79.9. The molecular weight excluding hydrogens is 335 g/mol. The minimum atomic E-state index is -0.552. The molecule has 0 spiro atoms. The fourth-order valence-electron chi connectivity index (χ4n) is 2.55. The van der Waals surface area contributed by atoms with Crippen LogP contribution in [0.5, 0.6) is 0 Å². The average Bonchev–Trinajstić information content (AvgIpc) is 2.46. The monoisotopic (exact) mass is 348 g/mol. The zero-order valence-electron chi connectivity index (χ0n) is 11.2. The van der Waals surface area contributed by atoms with Crippen LogP contribution in [0.2, 0.25) is 0 Å². The second-order valence-corrected chi connectivity index (χ2v) is 5.93. The highest BCUT2D eigenvalue weighted by Crippen LogP contribution is 2.32. The van der Waals surface area contributed by atoms with Crippen molar-refractivity contribution in [3.8, 4) is 0 Å². The zero-order valence-corrected chi connectivity index (χ0v) is 12.8. The predicted octanol–water partition coefficient (Wildman–Crippen LogP) is 3.52. The van der Waals surface area contributed by atoms with Crippen LogP contribution in [-0.4, -0.2) is 5.91 Å². The molecule has 0 radical (unpaired) electrons. The Morgan fingerprint density at radius 1 is 1.19 bits per heavy atom. The Morgan fingerprint density at radius 3 is 2.71 bits per heavy atom. The number of carbonyl (C=O) groups is 1. The molecule has 3 nitrogen and oxygen atoms in total. The third-order valence-electron chi connectivity index (χ3n) is 3.69. The van der Waals surface area contributed by atoms with E-state index >= 15 is 0 Å². The van der Waals surface area contributed by atoms with E-state index in [2.05, 4.69) is 21.2 Å². The van der Waals surface area contributed by atoms with Crippen molar-refractivity contribution >= 4 is 27.5 Å². The average molecular weight is 349 g/mol. The molecule has 0 aromatic heterocycles. The van der Waals surface area contributed by atoms with Crippen molar-refractivity contribution in [2.45, 2.75) is 18.9 Å². The summed E-state index contributed by atoms with van der Waals surface area (Å²) in [6, 6.07) is 10.1. The van der Waals surface area contributed by atoms with Crippen LogP contribution < -0.4 is 11.1 Å². The first kappa shape index (κ1) is 14.2. The maximum atomic E-state index is 14.3. The molecule has 1 heterocycles. The fourth-order valence-corrected chi connectivity index (χ4v) is 3.09. The lowest BCUT2D eigenvalue weighted by Crippen LogP contribution is -2.21. The van der Waals surface area contributed by atoms with Gasteiger partial charge >= 0.3 is 0 Å². The summed E-state index contributed by atoms with van der Waals surface area (Å²) >= 11 is 3.44. The molecule has 2 aromatic rings. The van der Waals surface area contributed by atoms with Crippen molar-refractivity contribution in [2.24, 2.45) is 5.73 Å². The number of aryl methyl sites for hydroxylation is 1. The number of carbonyl (C=O) groups excluding carboxylic acids is 1. The molecule has 1 atom stereocenters. The molecule has 1 amide bonds. The number of fused-ring (bicyclic) bond motifs is 1. The number of halogens is 2. The summed E-state index contributed by atoms with van der Waals surface area (Å²) in [4.78, 5) is 11.4. The predicted molar refractivity (Wildman–Crippen MR) is 83.5 cm³/mol. The van der Waals surface area contributed by atoms with Crippen LogP contribution in [0, 0.1) is 5.82 Å². The summed E-state index contributed by atoms with van der Waals surface area (Å²) in [5.41, 5.74) is 8.96. The van der Waals surface area contributed by atoms with Crippen molar-refractivity contribution in [3.05, 3.63) is 63.4 Å². The number of benzene rings is 2. The SMILES string of the molecule is NC(c1cc2c(cc1F)NC(=O)CC2)c1ccccc1Br. The molecule has 0 saturated carbocycles. The molecule has 5 heteroatoms. The minimum absolute atomic E-state index is 0.0789. The number of nitrogens with two attached hydrogens (primary N) is 1. The third kappa shape index (κ3) is 2.71. The highest BCUT2D eigenvalue weighted by Gasteiger charge is 2.21. The van der Waals surface area contributed by atoms with E-state index in [0.29, 0.717) is 24.1 Å². The van der Waals surface area contributed by atoms with E-state index in [4.69, 9.17) is 5.73 Å². The summed E-state index contributed by atoms with van der Waals surface area (Å²) in [5.74, 6) is -0.482.